The molecule has 0 aromatic carbocycles. The van der Waals surface area contributed by atoms with E-state index in [0.717, 1.165) is 5.34 Å². The summed E-state index contributed by atoms with van der Waals surface area (Å²) in [5.41, 5.74) is 0. The lowest BCUT2D eigenvalue weighted by molar-refractivity contribution is -0.929. The van der Waals surface area contributed by atoms with E-state index in [2.05, 4.69) is 55.4 Å². The maximum atomic E-state index is 8.25. The van der Waals surface area contributed by atoms with Crippen LogP contribution in [0.1, 0.15) is 158 Å². The molecule has 0 unspecified atom stereocenters. The van der Waals surface area contributed by atoms with E-state index < -0.39 is 5.09 Å². The maximum Gasteiger partial charge on any atom is 0.0786 e. The van der Waals surface area contributed by atoms with Gasteiger partial charge in [-0.15, -0.1) is 5.34 Å². The van der Waals surface area contributed by atoms with Crippen molar-refractivity contribution in [2.75, 3.05) is 52.4 Å². The molecule has 0 aromatic rings. The molecule has 0 radical (unpaired) electrons. The van der Waals surface area contributed by atoms with Crippen LogP contribution in [0.25, 0.3) is 0 Å². The molecule has 9 nitrogen and oxygen atoms in total. The molecule has 0 saturated carbocycles. The van der Waals surface area contributed by atoms with Crippen molar-refractivity contribution in [3.05, 3.63) is 25.4 Å². The van der Waals surface area contributed by atoms with E-state index in [1.807, 2.05) is 0 Å². The first-order valence-electron chi connectivity index (χ1n) is 17.1. The summed E-state index contributed by atoms with van der Waals surface area (Å²) in [6.07, 6.45) is 22.1. The first kappa shape index (κ1) is 46.5. The Balaban J connectivity index is -0.000000271. The molecule has 0 aliphatic rings. The van der Waals surface area contributed by atoms with Gasteiger partial charge in [-0.25, -0.2) is 0 Å². The van der Waals surface area contributed by atoms with Crippen molar-refractivity contribution in [3.8, 4) is 0 Å². The van der Waals surface area contributed by atoms with Gasteiger partial charge in [-0.2, -0.15) is 0 Å². The Labute approximate surface area is 255 Å². The molecule has 0 N–H and O–H groups in total. The molecular weight excluding hydrogens is 520 g/mol. The van der Waals surface area contributed by atoms with Gasteiger partial charge in [-0.1, -0.05) is 107 Å². The second-order valence-corrected chi connectivity index (χ2v) is 11.6. The molecule has 0 saturated heterocycles. The lowest BCUT2D eigenvalue weighted by atomic mass is 10.1. The number of hydrogen-bond acceptors (Lipinski definition) is 6. The third-order valence-electron chi connectivity index (χ3n) is 7.89. The molecule has 0 aromatic heterocycles. The van der Waals surface area contributed by atoms with Crippen LogP contribution in [0.5, 0.6) is 0 Å². The zero-order valence-electron chi connectivity index (χ0n) is 28.8. The largest absolute Gasteiger partial charge is 0.444 e. The molecule has 0 bridgehead atoms. The van der Waals surface area contributed by atoms with E-state index in [0.29, 0.717) is 0 Å². The first-order chi connectivity index (χ1) is 19.6. The smallest absolute Gasteiger partial charge is 0.0786 e. The molecular formula is C32H72N4O5. The molecule has 0 atom stereocenters. The molecule has 0 aliphatic heterocycles. The second-order valence-electron chi connectivity index (χ2n) is 11.6. The Morgan fingerprint density at radius 2 is 0.537 bits per heavy atom. The minimum Gasteiger partial charge on any atom is -0.444 e. The highest BCUT2D eigenvalue weighted by molar-refractivity contribution is 4.50. The van der Waals surface area contributed by atoms with Crippen molar-refractivity contribution in [1.82, 2.24) is 0 Å². The van der Waals surface area contributed by atoms with Crippen LogP contribution in [-0.2, 0) is 0 Å². The lowest BCUT2D eigenvalue weighted by Crippen LogP contribution is -2.50. The summed E-state index contributed by atoms with van der Waals surface area (Å²) in [6, 6.07) is 0. The van der Waals surface area contributed by atoms with E-state index in [1.165, 1.54) is 164 Å². The normalized spacial score (nSPS) is 10.8. The average molecular weight is 593 g/mol. The standard InChI is InChI=1S/2C16H36N.NO3.HNO2/c2*1-5-9-13-17(14-10-6-2,15-11-7-3)16-12-8-4;2-1(3)4;2-1-3/h2*5-16H2,1-4H3;;(H,2,3)/q2*+1;-1;/p-1. The zero-order chi connectivity index (χ0) is 32.3. The predicted molar refractivity (Wildman–Crippen MR) is 178 cm³/mol. The molecule has 0 spiro atoms. The summed E-state index contributed by atoms with van der Waals surface area (Å²) >= 11 is 0. The van der Waals surface area contributed by atoms with Crippen molar-refractivity contribution < 1.29 is 14.1 Å². The van der Waals surface area contributed by atoms with Crippen LogP contribution < -0.4 is 0 Å². The lowest BCUT2D eigenvalue weighted by Gasteiger charge is -2.39. The highest BCUT2D eigenvalue weighted by Crippen LogP contribution is 2.17. The number of hydrogen-bond donors (Lipinski definition) is 0. The average Bonchev–Trinajstić information content (AvgIpc) is 2.96. The second kappa shape index (κ2) is 36.5. The maximum absolute atomic E-state index is 8.25. The molecule has 0 fully saturated rings. The van der Waals surface area contributed by atoms with Gasteiger partial charge >= 0.3 is 0 Å². The molecule has 0 aliphatic carbocycles. The number of nitrogens with zero attached hydrogens (tertiary/aromatic N) is 4. The number of quaternary nitrogens is 2. The fourth-order valence-corrected chi connectivity index (χ4v) is 5.29. The quantitative estimate of drug-likeness (QED) is 0.0478. The van der Waals surface area contributed by atoms with Crippen LogP contribution in [0.3, 0.4) is 0 Å². The Kier molecular flexibility index (Phi) is 41.4. The van der Waals surface area contributed by atoms with Gasteiger partial charge in [0.05, 0.1) is 57.4 Å². The topological polar surface area (TPSA) is 119 Å². The highest BCUT2D eigenvalue weighted by Gasteiger charge is 2.25. The van der Waals surface area contributed by atoms with Gasteiger partial charge in [-0.3, -0.25) is 0 Å². The van der Waals surface area contributed by atoms with Gasteiger partial charge < -0.3 is 34.4 Å². The Hall–Kier alpha value is -1.48. The fourth-order valence-electron chi connectivity index (χ4n) is 5.29. The van der Waals surface area contributed by atoms with Crippen molar-refractivity contribution in [2.24, 2.45) is 5.34 Å². The predicted octanol–water partition coefficient (Wildman–Crippen LogP) is 10.0. The molecule has 41 heavy (non-hydrogen) atoms. The van der Waals surface area contributed by atoms with Gasteiger partial charge in [0.2, 0.25) is 0 Å². The number of unbranched alkanes of at least 4 members (excludes halogenated alkanes) is 8. The summed E-state index contributed by atoms with van der Waals surface area (Å²) in [7, 11) is 0. The Bertz CT molecular complexity index is 409. The van der Waals surface area contributed by atoms with Crippen LogP contribution >= 0.6 is 0 Å². The summed E-state index contributed by atoms with van der Waals surface area (Å²) in [5.74, 6) is 0. The third-order valence-corrected chi connectivity index (χ3v) is 7.89. The van der Waals surface area contributed by atoms with Crippen molar-refractivity contribution in [3.63, 3.8) is 0 Å². The van der Waals surface area contributed by atoms with Crippen molar-refractivity contribution in [1.29, 1.82) is 0 Å². The SMILES string of the molecule is CCCC[N+](CCCC)(CCCC)CCCC.CCCC[N+](CCCC)(CCCC)CCCC.O=N[O-].O=[N+]([O-])[O-]. The van der Waals surface area contributed by atoms with Gasteiger partial charge in [0.25, 0.3) is 0 Å². The van der Waals surface area contributed by atoms with Gasteiger partial charge in [-0.05, 0) is 51.4 Å². The van der Waals surface area contributed by atoms with Crippen LogP contribution in [0.4, 0.5) is 0 Å². The van der Waals surface area contributed by atoms with Crippen LogP contribution in [-0.4, -0.2) is 66.4 Å². The molecule has 250 valence electrons. The minimum absolute atomic E-state index is 1.00. The van der Waals surface area contributed by atoms with E-state index >= 15 is 0 Å². The van der Waals surface area contributed by atoms with E-state index in [9.17, 15) is 0 Å². The summed E-state index contributed by atoms with van der Waals surface area (Å²) in [5, 5.41) is 23.8. The van der Waals surface area contributed by atoms with E-state index in [1.54, 1.807) is 0 Å². The Morgan fingerprint density at radius 3 is 0.610 bits per heavy atom. The Morgan fingerprint density at radius 1 is 0.439 bits per heavy atom. The van der Waals surface area contributed by atoms with Crippen LogP contribution in [0.15, 0.2) is 5.34 Å². The summed E-state index contributed by atoms with van der Waals surface area (Å²) < 4.78 is 2.84. The van der Waals surface area contributed by atoms with Crippen LogP contribution in [0.2, 0.25) is 0 Å². The summed E-state index contributed by atoms with van der Waals surface area (Å²) in [6.45, 7) is 30.0. The van der Waals surface area contributed by atoms with Crippen LogP contribution in [0, 0.1) is 25.4 Å². The molecule has 9 heteroatoms. The molecule has 0 amide bonds. The van der Waals surface area contributed by atoms with Gasteiger partial charge in [0.1, 0.15) is 0 Å². The molecule has 0 heterocycles. The fraction of sp³-hybridized carbons (Fsp3) is 1.00. The van der Waals surface area contributed by atoms with Gasteiger partial charge in [0, 0.05) is 0 Å². The monoisotopic (exact) mass is 593 g/mol. The zero-order valence-corrected chi connectivity index (χ0v) is 28.8. The first-order valence-corrected chi connectivity index (χ1v) is 17.1. The third kappa shape index (κ3) is 34.6. The molecule has 0 rings (SSSR count). The van der Waals surface area contributed by atoms with E-state index in [4.69, 9.17) is 25.4 Å². The van der Waals surface area contributed by atoms with Crippen molar-refractivity contribution in [2.45, 2.75) is 158 Å². The van der Waals surface area contributed by atoms with Gasteiger partial charge in [0.15, 0.2) is 0 Å². The highest BCUT2D eigenvalue weighted by atomic mass is 16.9. The number of rotatable bonds is 24. The van der Waals surface area contributed by atoms with E-state index in [-0.39, 0.29) is 0 Å². The van der Waals surface area contributed by atoms with Crippen molar-refractivity contribution >= 4 is 0 Å². The minimum atomic E-state index is -1.75. The summed E-state index contributed by atoms with van der Waals surface area (Å²) in [4.78, 5) is 16.2.